The number of nitrogens with zero attached hydrogens (tertiary/aromatic N) is 3. The molecule has 0 fully saturated rings. The Morgan fingerprint density at radius 1 is 1.03 bits per heavy atom. The SMILES string of the molecule is COc1cc(Cc2cnc(N)nc2N)c2cc(Cc3cccnc3)oc2c1OC. The third kappa shape index (κ3) is 3.64. The van der Waals surface area contributed by atoms with Crippen LogP contribution >= 0.6 is 0 Å². The number of rotatable bonds is 6. The molecule has 0 unspecified atom stereocenters. The maximum absolute atomic E-state index is 6.15. The molecule has 0 saturated carbocycles. The number of pyridine rings is 1. The Morgan fingerprint density at radius 2 is 1.90 bits per heavy atom. The lowest BCUT2D eigenvalue weighted by Crippen LogP contribution is -2.04. The van der Waals surface area contributed by atoms with Crippen LogP contribution in [0.4, 0.5) is 11.8 Å². The average Bonchev–Trinajstić information content (AvgIpc) is 3.14. The van der Waals surface area contributed by atoms with Gasteiger partial charge in [-0.15, -0.1) is 0 Å². The van der Waals surface area contributed by atoms with Gasteiger partial charge in [0.05, 0.1) is 14.2 Å². The van der Waals surface area contributed by atoms with E-state index in [9.17, 15) is 0 Å². The molecule has 0 radical (unpaired) electrons. The summed E-state index contributed by atoms with van der Waals surface area (Å²) < 4.78 is 17.2. The molecule has 4 rings (SSSR count). The van der Waals surface area contributed by atoms with Gasteiger partial charge in [-0.1, -0.05) is 6.07 Å². The fourth-order valence-corrected chi connectivity index (χ4v) is 3.32. The minimum absolute atomic E-state index is 0.144. The van der Waals surface area contributed by atoms with Crippen molar-refractivity contribution in [2.24, 2.45) is 0 Å². The van der Waals surface area contributed by atoms with Crippen LogP contribution < -0.4 is 20.9 Å². The molecular formula is C21H21N5O3. The molecule has 3 aromatic heterocycles. The zero-order chi connectivity index (χ0) is 20.4. The van der Waals surface area contributed by atoms with Crippen LogP contribution in [0, 0.1) is 0 Å². The summed E-state index contributed by atoms with van der Waals surface area (Å²) in [4.78, 5) is 12.3. The van der Waals surface area contributed by atoms with Gasteiger partial charge in [0.1, 0.15) is 11.6 Å². The van der Waals surface area contributed by atoms with Crippen LogP contribution in [0.5, 0.6) is 11.5 Å². The van der Waals surface area contributed by atoms with Crippen molar-refractivity contribution in [3.05, 3.63) is 65.3 Å². The van der Waals surface area contributed by atoms with Crippen molar-refractivity contribution in [3.63, 3.8) is 0 Å². The van der Waals surface area contributed by atoms with Gasteiger partial charge in [0, 0.05) is 42.4 Å². The molecular weight excluding hydrogens is 370 g/mol. The molecule has 0 amide bonds. The third-order valence-corrected chi connectivity index (χ3v) is 4.69. The highest BCUT2D eigenvalue weighted by molar-refractivity contribution is 5.90. The van der Waals surface area contributed by atoms with Gasteiger partial charge >= 0.3 is 0 Å². The van der Waals surface area contributed by atoms with Crippen molar-refractivity contribution in [1.29, 1.82) is 0 Å². The standard InChI is InChI=1S/C21H21N5O3/c1-27-17-8-13(7-14-11-25-21(23)26-20(14)22)16-9-15(29-18(16)19(17)28-2)6-12-4-3-5-24-10-12/h3-5,8-11H,6-7H2,1-2H3,(H4,22,23,25,26). The van der Waals surface area contributed by atoms with E-state index in [4.69, 9.17) is 25.4 Å². The summed E-state index contributed by atoms with van der Waals surface area (Å²) in [5, 5.41) is 0.915. The second-order valence-electron chi connectivity index (χ2n) is 6.58. The second kappa shape index (κ2) is 7.67. The average molecular weight is 391 g/mol. The molecule has 148 valence electrons. The smallest absolute Gasteiger partial charge is 0.221 e. The Balaban J connectivity index is 1.82. The van der Waals surface area contributed by atoms with E-state index in [1.54, 1.807) is 26.6 Å². The monoisotopic (exact) mass is 391 g/mol. The van der Waals surface area contributed by atoms with E-state index in [1.807, 2.05) is 30.5 Å². The van der Waals surface area contributed by atoms with Crippen LogP contribution in [0.1, 0.15) is 22.5 Å². The van der Waals surface area contributed by atoms with Gasteiger partial charge in [-0.3, -0.25) is 4.98 Å². The summed E-state index contributed by atoms with van der Waals surface area (Å²) in [5.74, 6) is 2.41. The van der Waals surface area contributed by atoms with Gasteiger partial charge in [-0.25, -0.2) is 4.98 Å². The molecule has 0 spiro atoms. The minimum atomic E-state index is 0.144. The summed E-state index contributed by atoms with van der Waals surface area (Å²) in [7, 11) is 3.18. The Hall–Kier alpha value is -3.81. The lowest BCUT2D eigenvalue weighted by Gasteiger charge is -2.12. The van der Waals surface area contributed by atoms with E-state index >= 15 is 0 Å². The molecule has 1 aromatic carbocycles. The van der Waals surface area contributed by atoms with Gasteiger partial charge in [0.25, 0.3) is 0 Å². The molecule has 8 nitrogen and oxygen atoms in total. The molecule has 0 atom stereocenters. The molecule has 8 heteroatoms. The number of benzene rings is 1. The van der Waals surface area contributed by atoms with Crippen LogP contribution in [0.3, 0.4) is 0 Å². The first kappa shape index (κ1) is 18.5. The van der Waals surface area contributed by atoms with E-state index in [2.05, 4.69) is 15.0 Å². The number of anilines is 2. The van der Waals surface area contributed by atoms with Gasteiger partial charge in [-0.2, -0.15) is 4.98 Å². The van der Waals surface area contributed by atoms with Crippen molar-refractivity contribution in [3.8, 4) is 11.5 Å². The number of methoxy groups -OCH3 is 2. The first-order valence-corrected chi connectivity index (χ1v) is 9.01. The predicted octanol–water partition coefficient (Wildman–Crippen LogP) is 2.98. The zero-order valence-corrected chi connectivity index (χ0v) is 16.2. The van der Waals surface area contributed by atoms with E-state index in [0.29, 0.717) is 35.7 Å². The fraction of sp³-hybridized carbons (Fsp3) is 0.190. The maximum atomic E-state index is 6.15. The van der Waals surface area contributed by atoms with E-state index in [-0.39, 0.29) is 5.95 Å². The fourth-order valence-electron chi connectivity index (χ4n) is 3.32. The summed E-state index contributed by atoms with van der Waals surface area (Å²) in [6.07, 6.45) is 6.30. The van der Waals surface area contributed by atoms with Gasteiger partial charge in [-0.05, 0) is 29.3 Å². The molecule has 0 aliphatic carbocycles. The number of furan rings is 1. The molecule has 3 heterocycles. The van der Waals surface area contributed by atoms with Crippen LogP contribution in [0.2, 0.25) is 0 Å². The lowest BCUT2D eigenvalue weighted by molar-refractivity contribution is 0.352. The highest BCUT2D eigenvalue weighted by Gasteiger charge is 2.20. The number of hydrogen-bond acceptors (Lipinski definition) is 8. The third-order valence-electron chi connectivity index (χ3n) is 4.69. The molecule has 0 aliphatic rings. The van der Waals surface area contributed by atoms with Gasteiger partial charge in [0.15, 0.2) is 11.3 Å². The summed E-state index contributed by atoms with van der Waals surface area (Å²) in [6, 6.07) is 7.83. The second-order valence-corrected chi connectivity index (χ2v) is 6.58. The Morgan fingerprint density at radius 3 is 2.59 bits per heavy atom. The van der Waals surface area contributed by atoms with E-state index in [0.717, 1.165) is 27.8 Å². The van der Waals surface area contributed by atoms with Crippen molar-refractivity contribution in [1.82, 2.24) is 15.0 Å². The Bertz CT molecular complexity index is 1160. The normalized spacial score (nSPS) is 11.0. The molecule has 0 aliphatic heterocycles. The molecule has 0 bridgehead atoms. The number of nitrogens with two attached hydrogens (primary N) is 2. The minimum Gasteiger partial charge on any atom is -0.493 e. The Kier molecular flexibility index (Phi) is 4.90. The number of nitrogen functional groups attached to an aromatic ring is 2. The molecule has 0 saturated heterocycles. The first-order valence-electron chi connectivity index (χ1n) is 9.01. The van der Waals surface area contributed by atoms with Crippen LogP contribution in [-0.2, 0) is 12.8 Å². The van der Waals surface area contributed by atoms with E-state index < -0.39 is 0 Å². The number of fused-ring (bicyclic) bond motifs is 1. The number of aromatic nitrogens is 3. The first-order chi connectivity index (χ1) is 14.1. The highest BCUT2D eigenvalue weighted by atomic mass is 16.5. The lowest BCUT2D eigenvalue weighted by atomic mass is 10.0. The zero-order valence-electron chi connectivity index (χ0n) is 16.2. The summed E-state index contributed by atoms with van der Waals surface area (Å²) in [6.45, 7) is 0. The molecule has 29 heavy (non-hydrogen) atoms. The van der Waals surface area contributed by atoms with Crippen molar-refractivity contribution >= 4 is 22.7 Å². The van der Waals surface area contributed by atoms with Gasteiger partial charge < -0.3 is 25.4 Å². The van der Waals surface area contributed by atoms with Crippen molar-refractivity contribution in [2.75, 3.05) is 25.7 Å². The largest absolute Gasteiger partial charge is 0.493 e. The van der Waals surface area contributed by atoms with Crippen molar-refractivity contribution < 1.29 is 13.9 Å². The number of hydrogen-bond donors (Lipinski definition) is 2. The topological polar surface area (TPSA) is 122 Å². The van der Waals surface area contributed by atoms with Crippen LogP contribution in [0.15, 0.2) is 47.3 Å². The van der Waals surface area contributed by atoms with Crippen LogP contribution in [0.25, 0.3) is 11.0 Å². The molecule has 4 N–H and O–H groups in total. The summed E-state index contributed by atoms with van der Waals surface area (Å²) in [5.41, 5.74) is 15.0. The van der Waals surface area contributed by atoms with Crippen LogP contribution in [-0.4, -0.2) is 29.2 Å². The molecule has 4 aromatic rings. The quantitative estimate of drug-likeness (QED) is 0.514. The highest BCUT2D eigenvalue weighted by Crippen LogP contribution is 2.40. The van der Waals surface area contributed by atoms with Gasteiger partial charge in [0.2, 0.25) is 11.7 Å². The van der Waals surface area contributed by atoms with E-state index in [1.165, 1.54) is 0 Å². The maximum Gasteiger partial charge on any atom is 0.221 e. The number of ether oxygens (including phenoxy) is 2. The predicted molar refractivity (Wildman–Crippen MR) is 110 cm³/mol. The Labute approximate surface area is 167 Å². The van der Waals surface area contributed by atoms with Crippen molar-refractivity contribution in [2.45, 2.75) is 12.8 Å². The summed E-state index contributed by atoms with van der Waals surface area (Å²) >= 11 is 0.